The standard InChI is InChI=1S/C18H31N5O2/c1-12(13-7-8-13)23-10-14(9-20-23)21-16(25)22-18(5,6)15(24)19-11-17(2,3)4/h9-10,12-13H,7-8,11H2,1-6H3,(H,19,24)(H2,21,22,25)/t12-/m1/s1. The summed E-state index contributed by atoms with van der Waals surface area (Å²) in [5, 5.41) is 12.6. The molecule has 0 unspecified atom stereocenters. The summed E-state index contributed by atoms with van der Waals surface area (Å²) in [5.41, 5.74) is -0.399. The zero-order valence-electron chi connectivity index (χ0n) is 16.1. The van der Waals surface area contributed by atoms with Crippen molar-refractivity contribution in [2.45, 2.75) is 66.0 Å². The Bertz CT molecular complexity index is 626. The first-order chi connectivity index (χ1) is 11.5. The third kappa shape index (κ3) is 5.76. The van der Waals surface area contributed by atoms with E-state index in [1.165, 1.54) is 12.8 Å². The summed E-state index contributed by atoms with van der Waals surface area (Å²) in [6, 6.07) is -0.0761. The van der Waals surface area contributed by atoms with Crippen molar-refractivity contribution in [1.29, 1.82) is 0 Å². The molecular weight excluding hydrogens is 318 g/mol. The fourth-order valence-electron chi connectivity index (χ4n) is 2.49. The number of amides is 3. The van der Waals surface area contributed by atoms with Gasteiger partial charge in [0, 0.05) is 12.7 Å². The van der Waals surface area contributed by atoms with Crippen molar-refractivity contribution < 1.29 is 9.59 Å². The normalized spacial score (nSPS) is 16.2. The number of anilines is 1. The first-order valence-electron chi connectivity index (χ1n) is 8.89. The highest BCUT2D eigenvalue weighted by molar-refractivity contribution is 5.95. The van der Waals surface area contributed by atoms with Gasteiger partial charge in [0.2, 0.25) is 5.91 Å². The largest absolute Gasteiger partial charge is 0.354 e. The molecule has 3 N–H and O–H groups in total. The number of hydrogen-bond donors (Lipinski definition) is 3. The van der Waals surface area contributed by atoms with Gasteiger partial charge < -0.3 is 16.0 Å². The molecule has 25 heavy (non-hydrogen) atoms. The summed E-state index contributed by atoms with van der Waals surface area (Å²) in [7, 11) is 0. The van der Waals surface area contributed by atoms with E-state index in [1.807, 2.05) is 31.6 Å². The summed E-state index contributed by atoms with van der Waals surface area (Å²) in [6.45, 7) is 12.2. The van der Waals surface area contributed by atoms with Crippen LogP contribution in [0, 0.1) is 11.3 Å². The highest BCUT2D eigenvalue weighted by atomic mass is 16.2. The maximum absolute atomic E-state index is 12.3. The van der Waals surface area contributed by atoms with Crippen LogP contribution in [0.5, 0.6) is 0 Å². The second-order valence-electron chi connectivity index (χ2n) is 8.73. The molecular formula is C18H31N5O2. The average Bonchev–Trinajstić information content (AvgIpc) is 3.22. The monoisotopic (exact) mass is 349 g/mol. The van der Waals surface area contributed by atoms with E-state index in [9.17, 15) is 9.59 Å². The van der Waals surface area contributed by atoms with Crippen molar-refractivity contribution >= 4 is 17.6 Å². The van der Waals surface area contributed by atoms with Gasteiger partial charge in [0.1, 0.15) is 5.54 Å². The fraction of sp³-hybridized carbons (Fsp3) is 0.722. The lowest BCUT2D eigenvalue weighted by Gasteiger charge is -2.27. The Labute approximate surface area is 149 Å². The lowest BCUT2D eigenvalue weighted by molar-refractivity contribution is -0.126. The third-order valence-corrected chi connectivity index (χ3v) is 4.35. The van der Waals surface area contributed by atoms with Crippen molar-refractivity contribution in [1.82, 2.24) is 20.4 Å². The van der Waals surface area contributed by atoms with Crippen molar-refractivity contribution in [2.75, 3.05) is 11.9 Å². The SMILES string of the molecule is C[C@H](C1CC1)n1cc(NC(=O)NC(C)(C)C(=O)NCC(C)(C)C)cn1. The lowest BCUT2D eigenvalue weighted by atomic mass is 9.96. The van der Waals surface area contributed by atoms with Crippen LogP contribution in [-0.2, 0) is 4.79 Å². The van der Waals surface area contributed by atoms with Gasteiger partial charge >= 0.3 is 6.03 Å². The zero-order valence-corrected chi connectivity index (χ0v) is 16.1. The molecule has 1 fully saturated rings. The number of nitrogens with one attached hydrogen (secondary N) is 3. The molecule has 0 bridgehead atoms. The van der Waals surface area contributed by atoms with Crippen LogP contribution in [0.2, 0.25) is 0 Å². The van der Waals surface area contributed by atoms with Crippen molar-refractivity contribution in [3.63, 3.8) is 0 Å². The predicted molar refractivity (Wildman–Crippen MR) is 98.4 cm³/mol. The minimum Gasteiger partial charge on any atom is -0.354 e. The second kappa shape index (κ2) is 7.06. The molecule has 7 heteroatoms. The molecule has 140 valence electrons. The maximum atomic E-state index is 12.3. The summed E-state index contributed by atoms with van der Waals surface area (Å²) in [5.74, 6) is 0.475. The van der Waals surface area contributed by atoms with Gasteiger partial charge in [-0.15, -0.1) is 0 Å². The Morgan fingerprint density at radius 3 is 2.48 bits per heavy atom. The van der Waals surface area contributed by atoms with Gasteiger partial charge in [0.05, 0.1) is 17.9 Å². The van der Waals surface area contributed by atoms with E-state index in [0.29, 0.717) is 24.2 Å². The van der Waals surface area contributed by atoms with E-state index in [0.717, 1.165) is 0 Å². The molecule has 3 amide bonds. The number of hydrogen-bond acceptors (Lipinski definition) is 3. The molecule has 0 aromatic carbocycles. The first kappa shape index (κ1) is 19.3. The van der Waals surface area contributed by atoms with Crippen molar-refractivity contribution in [3.05, 3.63) is 12.4 Å². The van der Waals surface area contributed by atoms with E-state index in [1.54, 1.807) is 20.0 Å². The minimum absolute atomic E-state index is 0.0131. The molecule has 1 heterocycles. The van der Waals surface area contributed by atoms with Gasteiger partial charge in [-0.25, -0.2) is 4.79 Å². The second-order valence-corrected chi connectivity index (χ2v) is 8.73. The Kier molecular flexibility index (Phi) is 5.44. The average molecular weight is 349 g/mol. The van der Waals surface area contributed by atoms with Crippen molar-refractivity contribution in [2.24, 2.45) is 11.3 Å². The number of aromatic nitrogens is 2. The fourth-order valence-corrected chi connectivity index (χ4v) is 2.49. The van der Waals surface area contributed by atoms with Crippen LogP contribution in [0.4, 0.5) is 10.5 Å². The number of urea groups is 1. The van der Waals surface area contributed by atoms with Gasteiger partial charge in [-0.05, 0) is 44.9 Å². The van der Waals surface area contributed by atoms with Crippen LogP contribution in [0.15, 0.2) is 12.4 Å². The molecule has 2 rings (SSSR count). The number of carbonyl (C=O) groups excluding carboxylic acids is 2. The number of nitrogens with zero attached hydrogens (tertiary/aromatic N) is 2. The van der Waals surface area contributed by atoms with E-state index in [-0.39, 0.29) is 11.3 Å². The lowest BCUT2D eigenvalue weighted by Crippen LogP contribution is -2.56. The summed E-state index contributed by atoms with van der Waals surface area (Å²) in [6.07, 6.45) is 5.94. The van der Waals surface area contributed by atoms with Gasteiger partial charge in [0.15, 0.2) is 0 Å². The molecule has 1 aromatic heterocycles. The van der Waals surface area contributed by atoms with Crippen LogP contribution >= 0.6 is 0 Å². The van der Waals surface area contributed by atoms with Gasteiger partial charge in [0.25, 0.3) is 0 Å². The van der Waals surface area contributed by atoms with E-state index in [4.69, 9.17) is 0 Å². The van der Waals surface area contributed by atoms with E-state index in [2.05, 4.69) is 28.0 Å². The van der Waals surface area contributed by atoms with Gasteiger partial charge in [-0.2, -0.15) is 5.10 Å². The highest BCUT2D eigenvalue weighted by Gasteiger charge is 2.31. The summed E-state index contributed by atoms with van der Waals surface area (Å²) < 4.78 is 1.88. The first-order valence-corrected chi connectivity index (χ1v) is 8.89. The smallest absolute Gasteiger partial charge is 0.320 e. The Morgan fingerprint density at radius 1 is 1.28 bits per heavy atom. The Morgan fingerprint density at radius 2 is 1.92 bits per heavy atom. The summed E-state index contributed by atoms with van der Waals surface area (Å²) in [4.78, 5) is 24.5. The molecule has 1 atom stereocenters. The van der Waals surface area contributed by atoms with E-state index < -0.39 is 11.6 Å². The van der Waals surface area contributed by atoms with Crippen LogP contribution in [0.25, 0.3) is 0 Å². The van der Waals surface area contributed by atoms with Crippen LogP contribution < -0.4 is 16.0 Å². The highest BCUT2D eigenvalue weighted by Crippen LogP contribution is 2.39. The molecule has 1 aromatic rings. The molecule has 1 aliphatic carbocycles. The molecule has 1 saturated carbocycles. The zero-order chi connectivity index (χ0) is 18.8. The van der Waals surface area contributed by atoms with Gasteiger partial charge in [-0.1, -0.05) is 20.8 Å². The molecule has 1 aliphatic rings. The van der Waals surface area contributed by atoms with Crippen LogP contribution in [0.3, 0.4) is 0 Å². The molecule has 7 nitrogen and oxygen atoms in total. The summed E-state index contributed by atoms with van der Waals surface area (Å²) >= 11 is 0. The number of rotatable bonds is 6. The van der Waals surface area contributed by atoms with E-state index >= 15 is 0 Å². The quantitative estimate of drug-likeness (QED) is 0.738. The van der Waals surface area contributed by atoms with Crippen molar-refractivity contribution in [3.8, 4) is 0 Å². The van der Waals surface area contributed by atoms with Crippen LogP contribution in [-0.4, -0.2) is 33.8 Å². The molecule has 0 saturated heterocycles. The molecule has 0 spiro atoms. The third-order valence-electron chi connectivity index (χ3n) is 4.35. The maximum Gasteiger partial charge on any atom is 0.320 e. The molecule has 0 radical (unpaired) electrons. The van der Waals surface area contributed by atoms with Crippen LogP contribution in [0.1, 0.15) is 60.4 Å². The number of carbonyl (C=O) groups is 2. The minimum atomic E-state index is -1.01. The Hall–Kier alpha value is -2.05. The van der Waals surface area contributed by atoms with Gasteiger partial charge in [-0.3, -0.25) is 9.48 Å². The molecule has 0 aliphatic heterocycles. The predicted octanol–water partition coefficient (Wildman–Crippen LogP) is 2.92. The topological polar surface area (TPSA) is 88.0 Å². The Balaban J connectivity index is 1.86.